The zero-order chi connectivity index (χ0) is 13.2. The van der Waals surface area contributed by atoms with Gasteiger partial charge in [-0.3, -0.25) is 0 Å². The molecular weight excluding hydrogens is 226 g/mol. The highest BCUT2D eigenvalue weighted by Gasteiger charge is 2.09. The van der Waals surface area contributed by atoms with Crippen LogP contribution in [0.4, 0.5) is 0 Å². The number of methoxy groups -OCH3 is 1. The molecule has 0 aliphatic carbocycles. The minimum absolute atomic E-state index is 0.526. The fourth-order valence-corrected chi connectivity index (χ4v) is 1.92. The van der Waals surface area contributed by atoms with E-state index >= 15 is 0 Å². The second-order valence-corrected chi connectivity index (χ2v) is 4.39. The molecule has 0 radical (unpaired) electrons. The fourth-order valence-electron chi connectivity index (χ4n) is 1.92. The minimum atomic E-state index is 0.526. The normalized spacial score (nSPS) is 12.4. The Morgan fingerprint density at radius 2 is 1.89 bits per heavy atom. The SMILES string of the molecule is CCNCC(COCC)Cc1ccc(OC)cc1. The summed E-state index contributed by atoms with van der Waals surface area (Å²) in [6.07, 6.45) is 1.04. The molecule has 1 atom stereocenters. The quantitative estimate of drug-likeness (QED) is 0.731. The van der Waals surface area contributed by atoms with E-state index in [1.165, 1.54) is 5.56 Å². The van der Waals surface area contributed by atoms with Crippen LogP contribution in [0, 0.1) is 5.92 Å². The van der Waals surface area contributed by atoms with E-state index in [1.807, 2.05) is 19.1 Å². The first-order valence-electron chi connectivity index (χ1n) is 6.71. The van der Waals surface area contributed by atoms with Crippen LogP contribution < -0.4 is 10.1 Å². The van der Waals surface area contributed by atoms with Crippen LogP contribution in [0.15, 0.2) is 24.3 Å². The molecule has 0 aliphatic heterocycles. The summed E-state index contributed by atoms with van der Waals surface area (Å²) in [4.78, 5) is 0. The Balaban J connectivity index is 2.51. The Bertz CT molecular complexity index is 303. The average molecular weight is 251 g/mol. The van der Waals surface area contributed by atoms with Gasteiger partial charge in [0, 0.05) is 13.2 Å². The molecule has 0 saturated heterocycles. The Morgan fingerprint density at radius 1 is 1.17 bits per heavy atom. The topological polar surface area (TPSA) is 30.5 Å². The minimum Gasteiger partial charge on any atom is -0.497 e. The predicted octanol–water partition coefficient (Wildman–Crippen LogP) is 2.50. The van der Waals surface area contributed by atoms with Gasteiger partial charge in [-0.1, -0.05) is 19.1 Å². The molecule has 3 nitrogen and oxygen atoms in total. The Hall–Kier alpha value is -1.06. The van der Waals surface area contributed by atoms with Crippen LogP contribution in [0.1, 0.15) is 19.4 Å². The average Bonchev–Trinajstić information content (AvgIpc) is 2.42. The third-order valence-electron chi connectivity index (χ3n) is 2.92. The third-order valence-corrected chi connectivity index (χ3v) is 2.92. The summed E-state index contributed by atoms with van der Waals surface area (Å²) in [6, 6.07) is 8.29. The van der Waals surface area contributed by atoms with E-state index in [0.717, 1.165) is 38.5 Å². The Labute approximate surface area is 110 Å². The number of hydrogen-bond acceptors (Lipinski definition) is 3. The van der Waals surface area contributed by atoms with Crippen molar-refractivity contribution < 1.29 is 9.47 Å². The number of nitrogens with one attached hydrogen (secondary N) is 1. The van der Waals surface area contributed by atoms with Crippen LogP contribution in [0.25, 0.3) is 0 Å². The van der Waals surface area contributed by atoms with E-state index in [9.17, 15) is 0 Å². The largest absolute Gasteiger partial charge is 0.497 e. The molecule has 0 bridgehead atoms. The predicted molar refractivity (Wildman–Crippen MR) is 75.2 cm³/mol. The molecule has 0 spiro atoms. The summed E-state index contributed by atoms with van der Waals surface area (Å²) in [5.74, 6) is 1.44. The highest BCUT2D eigenvalue weighted by molar-refractivity contribution is 5.27. The smallest absolute Gasteiger partial charge is 0.118 e. The molecule has 1 aromatic rings. The molecule has 0 amide bonds. The molecule has 1 N–H and O–H groups in total. The Morgan fingerprint density at radius 3 is 2.44 bits per heavy atom. The molecule has 0 heterocycles. The summed E-state index contributed by atoms with van der Waals surface area (Å²) in [5.41, 5.74) is 1.33. The van der Waals surface area contributed by atoms with Crippen LogP contribution in [-0.2, 0) is 11.2 Å². The fraction of sp³-hybridized carbons (Fsp3) is 0.600. The summed E-state index contributed by atoms with van der Waals surface area (Å²) < 4.78 is 10.7. The molecule has 0 aromatic heterocycles. The van der Waals surface area contributed by atoms with Gasteiger partial charge < -0.3 is 14.8 Å². The van der Waals surface area contributed by atoms with Gasteiger partial charge in [0.2, 0.25) is 0 Å². The number of hydrogen-bond donors (Lipinski definition) is 1. The van der Waals surface area contributed by atoms with Crippen molar-refractivity contribution in [2.75, 3.05) is 33.4 Å². The molecule has 0 aliphatic rings. The third kappa shape index (κ3) is 5.52. The van der Waals surface area contributed by atoms with Crippen molar-refractivity contribution in [2.45, 2.75) is 20.3 Å². The lowest BCUT2D eigenvalue weighted by molar-refractivity contribution is 0.110. The van der Waals surface area contributed by atoms with Crippen molar-refractivity contribution in [3.8, 4) is 5.75 Å². The molecular formula is C15H25NO2. The van der Waals surface area contributed by atoms with Crippen LogP contribution >= 0.6 is 0 Å². The maximum atomic E-state index is 5.55. The van der Waals surface area contributed by atoms with Gasteiger partial charge in [-0.05, 0) is 43.5 Å². The summed E-state index contributed by atoms with van der Waals surface area (Å²) in [7, 11) is 1.69. The van der Waals surface area contributed by atoms with Gasteiger partial charge in [0.25, 0.3) is 0 Å². The van der Waals surface area contributed by atoms with E-state index in [0.29, 0.717) is 5.92 Å². The summed E-state index contributed by atoms with van der Waals surface area (Å²) in [6.45, 7) is 7.78. The van der Waals surface area contributed by atoms with Gasteiger partial charge in [-0.15, -0.1) is 0 Å². The standard InChI is InChI=1S/C15H25NO2/c1-4-16-11-14(12-18-5-2)10-13-6-8-15(17-3)9-7-13/h6-9,14,16H,4-5,10-12H2,1-3H3. The number of ether oxygens (including phenoxy) is 2. The van der Waals surface area contributed by atoms with Gasteiger partial charge in [0.15, 0.2) is 0 Å². The van der Waals surface area contributed by atoms with Crippen molar-refractivity contribution in [2.24, 2.45) is 5.92 Å². The molecule has 0 fully saturated rings. The lowest BCUT2D eigenvalue weighted by atomic mass is 10.00. The highest BCUT2D eigenvalue weighted by atomic mass is 16.5. The van der Waals surface area contributed by atoms with E-state index in [1.54, 1.807) is 7.11 Å². The first kappa shape index (κ1) is 15.0. The Kier molecular flexibility index (Phi) is 7.46. The zero-order valence-corrected chi connectivity index (χ0v) is 11.7. The second-order valence-electron chi connectivity index (χ2n) is 4.39. The van der Waals surface area contributed by atoms with Crippen molar-refractivity contribution in [3.05, 3.63) is 29.8 Å². The maximum absolute atomic E-state index is 5.55. The maximum Gasteiger partial charge on any atom is 0.118 e. The lowest BCUT2D eigenvalue weighted by Gasteiger charge is -2.17. The van der Waals surface area contributed by atoms with Crippen molar-refractivity contribution >= 4 is 0 Å². The van der Waals surface area contributed by atoms with Crippen LogP contribution in [0.5, 0.6) is 5.75 Å². The van der Waals surface area contributed by atoms with Crippen molar-refractivity contribution in [1.82, 2.24) is 5.32 Å². The van der Waals surface area contributed by atoms with Crippen LogP contribution in [-0.4, -0.2) is 33.4 Å². The molecule has 1 rings (SSSR count). The van der Waals surface area contributed by atoms with E-state index < -0.39 is 0 Å². The van der Waals surface area contributed by atoms with E-state index in [4.69, 9.17) is 9.47 Å². The lowest BCUT2D eigenvalue weighted by Crippen LogP contribution is -2.27. The molecule has 3 heteroatoms. The van der Waals surface area contributed by atoms with Crippen molar-refractivity contribution in [1.29, 1.82) is 0 Å². The van der Waals surface area contributed by atoms with Gasteiger partial charge in [-0.2, -0.15) is 0 Å². The van der Waals surface area contributed by atoms with Crippen LogP contribution in [0.3, 0.4) is 0 Å². The van der Waals surface area contributed by atoms with Crippen molar-refractivity contribution in [3.63, 3.8) is 0 Å². The molecule has 1 unspecified atom stereocenters. The van der Waals surface area contributed by atoms with Gasteiger partial charge in [0.1, 0.15) is 5.75 Å². The first-order valence-corrected chi connectivity index (χ1v) is 6.71. The second kappa shape index (κ2) is 8.95. The first-order chi connectivity index (χ1) is 8.80. The molecule has 18 heavy (non-hydrogen) atoms. The summed E-state index contributed by atoms with van der Waals surface area (Å²) in [5, 5.41) is 3.40. The number of rotatable bonds is 9. The van der Waals surface area contributed by atoms with Gasteiger partial charge >= 0.3 is 0 Å². The zero-order valence-electron chi connectivity index (χ0n) is 11.7. The highest BCUT2D eigenvalue weighted by Crippen LogP contribution is 2.14. The van der Waals surface area contributed by atoms with E-state index in [-0.39, 0.29) is 0 Å². The summed E-state index contributed by atoms with van der Waals surface area (Å²) >= 11 is 0. The van der Waals surface area contributed by atoms with E-state index in [2.05, 4.69) is 24.4 Å². The monoisotopic (exact) mass is 251 g/mol. The van der Waals surface area contributed by atoms with Crippen LogP contribution in [0.2, 0.25) is 0 Å². The molecule has 1 aromatic carbocycles. The molecule has 102 valence electrons. The number of benzene rings is 1. The van der Waals surface area contributed by atoms with Gasteiger partial charge in [0.05, 0.1) is 13.7 Å². The van der Waals surface area contributed by atoms with Gasteiger partial charge in [-0.25, -0.2) is 0 Å². The molecule has 0 saturated carbocycles.